The van der Waals surface area contributed by atoms with Crippen LogP contribution in [0.25, 0.3) is 0 Å². The molecule has 4 aliphatic carbocycles. The van der Waals surface area contributed by atoms with E-state index in [-0.39, 0.29) is 18.6 Å². The fourth-order valence-electron chi connectivity index (χ4n) is 6.94. The second kappa shape index (κ2) is 7.14. The lowest BCUT2D eigenvalue weighted by atomic mass is 9.41. The number of Topliss-reactive ketones (excluding diaryl/α,β-unsaturated/α-hetero) is 1. The number of phosphoric ester groups is 1. The van der Waals surface area contributed by atoms with Crippen LogP contribution in [0.5, 0.6) is 0 Å². The first kappa shape index (κ1) is 23.9. The first-order chi connectivity index (χ1) is 14.6. The van der Waals surface area contributed by atoms with E-state index in [1.54, 1.807) is 20.8 Å². The van der Waals surface area contributed by atoms with Crippen LogP contribution >= 0.6 is 7.82 Å². The molecule has 2 unspecified atom stereocenters. The minimum atomic E-state index is -4.93. The maximum Gasteiger partial charge on any atom is 0.469 e. The van der Waals surface area contributed by atoms with Crippen molar-refractivity contribution >= 4 is 19.4 Å². The highest BCUT2D eigenvalue weighted by molar-refractivity contribution is 7.46. The number of hydrogen-bond acceptors (Lipinski definition) is 6. The number of halogens is 1. The summed E-state index contributed by atoms with van der Waals surface area (Å²) in [6.07, 6.45) is 3.52. The highest BCUT2D eigenvalue weighted by atomic mass is 31.2. The molecule has 0 aromatic heterocycles. The molecule has 0 spiro atoms. The normalized spacial score (nSPS) is 48.6. The molecule has 3 fully saturated rings. The van der Waals surface area contributed by atoms with Crippen LogP contribution < -0.4 is 0 Å². The molecule has 8 nitrogen and oxygen atoms in total. The topological polar surface area (TPSA) is 141 Å². The number of alkyl halides is 1. The molecular weight excluding hydrogens is 442 g/mol. The number of rotatable bonds is 3. The number of aliphatic hydroxyl groups is 2. The van der Waals surface area contributed by atoms with E-state index >= 15 is 4.39 Å². The van der Waals surface area contributed by atoms with Crippen molar-refractivity contribution in [3.63, 3.8) is 0 Å². The number of fused-ring (bicyclic) bond motifs is 5. The summed E-state index contributed by atoms with van der Waals surface area (Å²) < 4.78 is 32.7. The van der Waals surface area contributed by atoms with Crippen molar-refractivity contribution < 1.29 is 43.1 Å². The van der Waals surface area contributed by atoms with Gasteiger partial charge >= 0.3 is 7.82 Å². The molecule has 3 saturated carbocycles. The zero-order chi connectivity index (χ0) is 23.9. The van der Waals surface area contributed by atoms with E-state index in [1.165, 1.54) is 18.2 Å². The Morgan fingerprint density at radius 1 is 1.25 bits per heavy atom. The van der Waals surface area contributed by atoms with E-state index in [2.05, 4.69) is 4.52 Å². The summed E-state index contributed by atoms with van der Waals surface area (Å²) >= 11 is 0. The van der Waals surface area contributed by atoms with E-state index in [1.807, 2.05) is 0 Å². The largest absolute Gasteiger partial charge is 0.469 e. The first-order valence-corrected chi connectivity index (χ1v) is 12.4. The zero-order valence-electron chi connectivity index (χ0n) is 18.3. The molecule has 0 heterocycles. The third-order valence-corrected chi connectivity index (χ3v) is 9.28. The molecule has 4 aliphatic rings. The average molecular weight is 472 g/mol. The molecule has 0 aliphatic heterocycles. The quantitative estimate of drug-likeness (QED) is 0.457. The van der Waals surface area contributed by atoms with Crippen molar-refractivity contribution in [3.8, 4) is 0 Å². The van der Waals surface area contributed by atoms with Gasteiger partial charge in [-0.15, -0.1) is 0 Å². The third kappa shape index (κ3) is 3.09. The number of aliphatic hydroxyl groups excluding tert-OH is 1. The predicted molar refractivity (Wildman–Crippen MR) is 111 cm³/mol. The van der Waals surface area contributed by atoms with Crippen LogP contribution in [0.2, 0.25) is 0 Å². The van der Waals surface area contributed by atoms with Gasteiger partial charge in [-0.05, 0) is 56.6 Å². The highest BCUT2D eigenvalue weighted by Crippen LogP contribution is 2.67. The van der Waals surface area contributed by atoms with Gasteiger partial charge < -0.3 is 20.0 Å². The van der Waals surface area contributed by atoms with E-state index in [0.29, 0.717) is 18.4 Å². The lowest BCUT2D eigenvalue weighted by molar-refractivity contribution is -0.225. The van der Waals surface area contributed by atoms with Crippen LogP contribution in [0.4, 0.5) is 4.39 Å². The van der Waals surface area contributed by atoms with Gasteiger partial charge in [-0.1, -0.05) is 25.5 Å². The Bertz CT molecular complexity index is 973. The number of allylic oxidation sites excluding steroid dienone is 4. The number of hydrogen-bond donors (Lipinski definition) is 4. The van der Waals surface area contributed by atoms with Crippen molar-refractivity contribution in [1.82, 2.24) is 0 Å². The minimum absolute atomic E-state index is 0.216. The van der Waals surface area contributed by atoms with Crippen LogP contribution in [0.1, 0.15) is 46.5 Å². The molecule has 0 saturated heterocycles. The molecule has 32 heavy (non-hydrogen) atoms. The van der Waals surface area contributed by atoms with Gasteiger partial charge in [-0.3, -0.25) is 14.1 Å². The summed E-state index contributed by atoms with van der Waals surface area (Å²) in [4.78, 5) is 43.6. The van der Waals surface area contributed by atoms with E-state index < -0.39 is 66.2 Å². The summed E-state index contributed by atoms with van der Waals surface area (Å²) in [7, 11) is -4.93. The Balaban J connectivity index is 1.74. The lowest BCUT2D eigenvalue weighted by Crippen LogP contribution is -2.72. The van der Waals surface area contributed by atoms with E-state index in [4.69, 9.17) is 9.79 Å². The number of carbonyl (C=O) groups excluding carboxylic acids is 2. The number of ketones is 2. The Morgan fingerprint density at radius 3 is 2.53 bits per heavy atom. The van der Waals surface area contributed by atoms with Crippen LogP contribution in [-0.2, 0) is 18.7 Å². The van der Waals surface area contributed by atoms with Gasteiger partial charge in [0.15, 0.2) is 17.2 Å². The summed E-state index contributed by atoms with van der Waals surface area (Å²) in [5.74, 6) is -2.85. The monoisotopic (exact) mass is 472 g/mol. The van der Waals surface area contributed by atoms with Crippen LogP contribution in [0, 0.1) is 28.6 Å². The Morgan fingerprint density at radius 2 is 1.91 bits per heavy atom. The molecule has 10 heteroatoms. The van der Waals surface area contributed by atoms with Crippen LogP contribution in [0.15, 0.2) is 23.8 Å². The second-order valence-electron chi connectivity index (χ2n) is 10.4. The van der Waals surface area contributed by atoms with Gasteiger partial charge in [0.25, 0.3) is 0 Å². The smallest absolute Gasteiger partial charge is 0.390 e. The van der Waals surface area contributed by atoms with Gasteiger partial charge in [-0.2, -0.15) is 0 Å². The minimum Gasteiger partial charge on any atom is -0.390 e. The Kier molecular flexibility index (Phi) is 5.34. The van der Waals surface area contributed by atoms with Crippen molar-refractivity contribution in [2.75, 3.05) is 6.61 Å². The summed E-state index contributed by atoms with van der Waals surface area (Å²) in [5.41, 5.74) is -6.12. The first-order valence-electron chi connectivity index (χ1n) is 10.9. The standard InChI is InChI=1S/C22H30FO8P/c1-12-8-16-15-5-4-13-9-14(24)6-7-20(13,3)22(15,23)17(25)10-19(16,2)18(26)21(12,27)11-31-32(28,29)30/h6-7,9,12,15-17,25,27H,4-5,8,10-11H2,1-3H3,(H2,28,29,30)/t12-,15?,16?,17-,19-,20-,21-,22-/m0/s1. The highest BCUT2D eigenvalue weighted by Gasteiger charge is 2.72. The molecule has 0 radical (unpaired) electrons. The van der Waals surface area contributed by atoms with Crippen molar-refractivity contribution in [3.05, 3.63) is 23.8 Å². The molecule has 0 bridgehead atoms. The van der Waals surface area contributed by atoms with Crippen molar-refractivity contribution in [2.24, 2.45) is 28.6 Å². The lowest BCUT2D eigenvalue weighted by Gasteiger charge is -2.64. The molecule has 8 atom stereocenters. The van der Waals surface area contributed by atoms with Gasteiger partial charge in [0.1, 0.15) is 5.60 Å². The average Bonchev–Trinajstić information content (AvgIpc) is 2.69. The summed E-state index contributed by atoms with van der Waals surface area (Å²) in [6, 6.07) is 0. The van der Waals surface area contributed by atoms with Gasteiger partial charge in [0.05, 0.1) is 12.7 Å². The number of phosphoric acid groups is 1. The SMILES string of the molecule is C[C@H]1CC2C3CCC4=CC(=O)C=C[C@]4(C)[C@@]3(F)[C@@H](O)C[C@]2(C)C(=O)[C@]1(O)COP(=O)(O)O. The van der Waals surface area contributed by atoms with E-state index in [0.717, 1.165) is 0 Å². The molecule has 4 rings (SSSR count). The molecule has 0 aromatic carbocycles. The molecule has 178 valence electrons. The maximum absolute atomic E-state index is 17.0. The molecule has 4 N–H and O–H groups in total. The van der Waals surface area contributed by atoms with E-state index in [9.17, 15) is 24.4 Å². The summed E-state index contributed by atoms with van der Waals surface area (Å²) in [6.45, 7) is 3.97. The van der Waals surface area contributed by atoms with Gasteiger partial charge in [0, 0.05) is 16.7 Å². The summed E-state index contributed by atoms with van der Waals surface area (Å²) in [5, 5.41) is 22.3. The van der Waals surface area contributed by atoms with Crippen molar-refractivity contribution in [1.29, 1.82) is 0 Å². The maximum atomic E-state index is 17.0. The third-order valence-electron chi connectivity index (χ3n) is 8.82. The molecular formula is C22H30FO8P. The predicted octanol–water partition coefficient (Wildman–Crippen LogP) is 2.01. The van der Waals surface area contributed by atoms with Gasteiger partial charge in [0.2, 0.25) is 0 Å². The fourth-order valence-corrected chi connectivity index (χ4v) is 7.31. The molecule has 0 amide bonds. The molecule has 0 aromatic rings. The van der Waals surface area contributed by atoms with Gasteiger partial charge in [-0.25, -0.2) is 8.96 Å². The zero-order valence-corrected chi connectivity index (χ0v) is 19.2. The Hall–Kier alpha value is -1.22. The second-order valence-corrected chi connectivity index (χ2v) is 11.7. The Labute approximate surface area is 185 Å². The van der Waals surface area contributed by atoms with Crippen LogP contribution in [-0.4, -0.2) is 55.5 Å². The van der Waals surface area contributed by atoms with Crippen LogP contribution in [0.3, 0.4) is 0 Å². The number of carbonyl (C=O) groups is 2. The fraction of sp³-hybridized carbons (Fsp3) is 0.727. The van der Waals surface area contributed by atoms with Crippen molar-refractivity contribution in [2.45, 2.75) is 63.8 Å².